The first-order valence-electron chi connectivity index (χ1n) is 8.29. The Balaban J connectivity index is 1.80. The van der Waals surface area contributed by atoms with Crippen molar-refractivity contribution in [1.29, 1.82) is 0 Å². The van der Waals surface area contributed by atoms with Crippen molar-refractivity contribution in [2.75, 3.05) is 13.1 Å². The van der Waals surface area contributed by atoms with Crippen LogP contribution in [0, 0.1) is 13.8 Å². The Hall–Kier alpha value is -1.78. The van der Waals surface area contributed by atoms with Gasteiger partial charge in [-0.2, -0.15) is 4.31 Å². The lowest BCUT2D eigenvalue weighted by atomic mass is 10.2. The summed E-state index contributed by atoms with van der Waals surface area (Å²) in [4.78, 5) is 0.284. The van der Waals surface area contributed by atoms with Crippen LogP contribution < -0.4 is 0 Å². The SMILES string of the molecule is Cc1ccc(C)c(S(=O)(=O)N2CCC(S(=O)(=O)c3nncn3C)CC2)c1. The number of benzene rings is 1. The number of nitrogens with zero attached hydrogens (tertiary/aromatic N) is 4. The summed E-state index contributed by atoms with van der Waals surface area (Å²) in [5, 5.41) is 6.58. The highest BCUT2D eigenvalue weighted by Crippen LogP contribution is 2.28. The van der Waals surface area contributed by atoms with E-state index in [0.717, 1.165) is 5.56 Å². The molecule has 1 fully saturated rings. The van der Waals surface area contributed by atoms with E-state index in [1.807, 2.05) is 13.0 Å². The molecular weight excluding hydrogens is 376 g/mol. The number of sulfonamides is 1. The van der Waals surface area contributed by atoms with Crippen LogP contribution in [0.25, 0.3) is 0 Å². The maximum Gasteiger partial charge on any atom is 0.249 e. The van der Waals surface area contributed by atoms with Gasteiger partial charge in [0.05, 0.1) is 10.1 Å². The quantitative estimate of drug-likeness (QED) is 0.763. The first-order chi connectivity index (χ1) is 12.1. The first-order valence-corrected chi connectivity index (χ1v) is 11.3. The van der Waals surface area contributed by atoms with Crippen LogP contribution in [0.2, 0.25) is 0 Å². The van der Waals surface area contributed by atoms with E-state index in [2.05, 4.69) is 10.2 Å². The molecule has 0 saturated carbocycles. The fraction of sp³-hybridized carbons (Fsp3) is 0.500. The van der Waals surface area contributed by atoms with Crippen molar-refractivity contribution in [1.82, 2.24) is 19.1 Å². The number of sulfone groups is 1. The Morgan fingerprint density at radius 2 is 1.73 bits per heavy atom. The van der Waals surface area contributed by atoms with Gasteiger partial charge in [0.1, 0.15) is 6.33 Å². The average Bonchev–Trinajstić information content (AvgIpc) is 3.04. The minimum absolute atomic E-state index is 0.0756. The van der Waals surface area contributed by atoms with E-state index >= 15 is 0 Å². The maximum absolute atomic E-state index is 12.9. The maximum atomic E-state index is 12.9. The summed E-state index contributed by atoms with van der Waals surface area (Å²) in [5.74, 6) is 0. The molecule has 0 unspecified atom stereocenters. The van der Waals surface area contributed by atoms with Crippen LogP contribution >= 0.6 is 0 Å². The zero-order chi connectivity index (χ0) is 19.1. The summed E-state index contributed by atoms with van der Waals surface area (Å²) in [6, 6.07) is 5.31. The van der Waals surface area contributed by atoms with E-state index in [1.165, 1.54) is 15.2 Å². The Kier molecular flexibility index (Phi) is 4.93. The summed E-state index contributed by atoms with van der Waals surface area (Å²) < 4.78 is 54.0. The molecule has 0 radical (unpaired) electrons. The average molecular weight is 399 g/mol. The van der Waals surface area contributed by atoms with Gasteiger partial charge in [0, 0.05) is 20.1 Å². The van der Waals surface area contributed by atoms with Crippen molar-refractivity contribution in [3.8, 4) is 0 Å². The standard InChI is InChI=1S/C16H22N4O4S2/c1-12-4-5-13(2)15(10-12)26(23,24)20-8-6-14(7-9-20)25(21,22)16-18-17-11-19(16)3/h4-5,10-11,14H,6-9H2,1-3H3. The lowest BCUT2D eigenvalue weighted by molar-refractivity contribution is 0.344. The summed E-state index contributed by atoms with van der Waals surface area (Å²) in [5.41, 5.74) is 1.55. The van der Waals surface area contributed by atoms with Crippen molar-refractivity contribution in [2.24, 2.45) is 7.05 Å². The van der Waals surface area contributed by atoms with Crippen LogP contribution in [0.5, 0.6) is 0 Å². The van der Waals surface area contributed by atoms with Gasteiger partial charge in [-0.3, -0.25) is 0 Å². The fourth-order valence-electron chi connectivity index (χ4n) is 3.19. The minimum Gasteiger partial charge on any atom is -0.308 e. The second kappa shape index (κ2) is 6.75. The third-order valence-corrected chi connectivity index (χ3v) is 8.99. The van der Waals surface area contributed by atoms with Crippen molar-refractivity contribution >= 4 is 19.9 Å². The molecule has 1 saturated heterocycles. The highest BCUT2D eigenvalue weighted by atomic mass is 32.2. The molecule has 1 aliphatic rings. The number of aromatic nitrogens is 3. The van der Waals surface area contributed by atoms with Gasteiger partial charge < -0.3 is 4.57 Å². The van der Waals surface area contributed by atoms with Gasteiger partial charge >= 0.3 is 0 Å². The third kappa shape index (κ3) is 3.28. The molecule has 26 heavy (non-hydrogen) atoms. The molecule has 10 heteroatoms. The Morgan fingerprint density at radius 3 is 2.31 bits per heavy atom. The van der Waals surface area contributed by atoms with E-state index in [1.54, 1.807) is 26.1 Å². The zero-order valence-electron chi connectivity index (χ0n) is 15.0. The Bertz CT molecular complexity index is 1020. The lowest BCUT2D eigenvalue weighted by Crippen LogP contribution is -2.43. The molecule has 2 aromatic rings. The molecule has 0 atom stereocenters. The molecular formula is C16H22N4O4S2. The van der Waals surface area contributed by atoms with E-state index in [-0.39, 0.29) is 36.0 Å². The molecule has 0 spiro atoms. The summed E-state index contributed by atoms with van der Waals surface area (Å²) in [6.07, 6.45) is 1.81. The molecule has 142 valence electrons. The van der Waals surface area contributed by atoms with E-state index in [0.29, 0.717) is 5.56 Å². The van der Waals surface area contributed by atoms with Crippen LogP contribution in [-0.2, 0) is 26.9 Å². The van der Waals surface area contributed by atoms with Gasteiger partial charge in [-0.15, -0.1) is 10.2 Å². The normalized spacial score (nSPS) is 17.5. The van der Waals surface area contributed by atoms with Crippen molar-refractivity contribution in [3.63, 3.8) is 0 Å². The molecule has 1 aromatic carbocycles. The largest absolute Gasteiger partial charge is 0.308 e. The van der Waals surface area contributed by atoms with Crippen molar-refractivity contribution < 1.29 is 16.8 Å². The van der Waals surface area contributed by atoms with E-state index in [4.69, 9.17) is 0 Å². The zero-order valence-corrected chi connectivity index (χ0v) is 16.6. The van der Waals surface area contributed by atoms with Gasteiger partial charge in [-0.1, -0.05) is 12.1 Å². The minimum atomic E-state index is -3.64. The smallest absolute Gasteiger partial charge is 0.249 e. The van der Waals surface area contributed by atoms with Crippen LogP contribution in [0.4, 0.5) is 0 Å². The van der Waals surface area contributed by atoms with Crippen LogP contribution in [0.1, 0.15) is 24.0 Å². The fourth-order valence-corrected chi connectivity index (χ4v) is 6.70. The molecule has 3 rings (SSSR count). The predicted octanol–water partition coefficient (Wildman–Crippen LogP) is 1.06. The first kappa shape index (κ1) is 19.0. The summed E-state index contributed by atoms with van der Waals surface area (Å²) in [6.45, 7) is 3.94. The molecule has 0 N–H and O–H groups in total. The topological polar surface area (TPSA) is 102 Å². The second-order valence-corrected chi connectivity index (χ2v) is 10.7. The monoisotopic (exact) mass is 398 g/mol. The van der Waals surface area contributed by atoms with Gasteiger partial charge in [-0.25, -0.2) is 16.8 Å². The van der Waals surface area contributed by atoms with Crippen molar-refractivity contribution in [3.05, 3.63) is 35.7 Å². The lowest BCUT2D eigenvalue weighted by Gasteiger charge is -2.31. The van der Waals surface area contributed by atoms with E-state index in [9.17, 15) is 16.8 Å². The van der Waals surface area contributed by atoms with Gasteiger partial charge in [0.25, 0.3) is 0 Å². The number of aryl methyl sites for hydroxylation is 3. The number of hydrogen-bond donors (Lipinski definition) is 0. The van der Waals surface area contributed by atoms with Crippen LogP contribution in [-0.4, -0.2) is 54.2 Å². The highest BCUT2D eigenvalue weighted by Gasteiger charge is 2.38. The van der Waals surface area contributed by atoms with Gasteiger partial charge in [0.15, 0.2) is 0 Å². The molecule has 0 amide bonds. The number of rotatable bonds is 4. The Morgan fingerprint density at radius 1 is 1.08 bits per heavy atom. The summed E-state index contributed by atoms with van der Waals surface area (Å²) in [7, 11) is -5.69. The third-order valence-electron chi connectivity index (χ3n) is 4.73. The Labute approximate surface area is 153 Å². The molecule has 1 aromatic heterocycles. The van der Waals surface area contributed by atoms with Crippen molar-refractivity contribution in [2.45, 2.75) is 42.0 Å². The molecule has 1 aliphatic heterocycles. The van der Waals surface area contributed by atoms with E-state index < -0.39 is 25.1 Å². The van der Waals surface area contributed by atoms with Gasteiger partial charge in [0.2, 0.25) is 25.0 Å². The highest BCUT2D eigenvalue weighted by molar-refractivity contribution is 7.92. The van der Waals surface area contributed by atoms with Crippen LogP contribution in [0.3, 0.4) is 0 Å². The van der Waals surface area contributed by atoms with Gasteiger partial charge in [-0.05, 0) is 43.9 Å². The predicted molar refractivity (Wildman–Crippen MR) is 95.9 cm³/mol. The van der Waals surface area contributed by atoms with Crippen LogP contribution in [0.15, 0.2) is 34.6 Å². The summed E-state index contributed by atoms with van der Waals surface area (Å²) >= 11 is 0. The number of hydrogen-bond acceptors (Lipinski definition) is 6. The molecule has 8 nitrogen and oxygen atoms in total. The number of piperidine rings is 1. The molecule has 0 bridgehead atoms. The molecule has 0 aliphatic carbocycles. The second-order valence-electron chi connectivity index (χ2n) is 6.64. The molecule has 2 heterocycles.